The van der Waals surface area contributed by atoms with Crippen molar-refractivity contribution in [2.75, 3.05) is 0 Å². The van der Waals surface area contributed by atoms with Crippen LogP contribution in [-0.2, 0) is 4.79 Å². The molecule has 13 heavy (non-hydrogen) atoms. The Morgan fingerprint density at radius 1 is 1.46 bits per heavy atom. The lowest BCUT2D eigenvalue weighted by molar-refractivity contribution is -0.118. The molecule has 2 N–H and O–H groups in total. The predicted octanol–water partition coefficient (Wildman–Crippen LogP) is 2.12. The summed E-state index contributed by atoms with van der Waals surface area (Å²) in [7, 11) is 0. The van der Waals surface area contributed by atoms with Gasteiger partial charge in [0.25, 0.3) is 0 Å². The Kier molecular flexibility index (Phi) is 3.91. The molecular formula is C11H21NO. The molecule has 0 aromatic rings. The molecule has 2 atom stereocenters. The molecule has 0 amide bonds. The lowest BCUT2D eigenvalue weighted by Gasteiger charge is -2.31. The maximum atomic E-state index is 10.9. The minimum Gasteiger partial charge on any atom is -0.322 e. The van der Waals surface area contributed by atoms with Gasteiger partial charge in [-0.25, -0.2) is 0 Å². The minimum atomic E-state index is -0.220. The second kappa shape index (κ2) is 4.75. The summed E-state index contributed by atoms with van der Waals surface area (Å²) in [5.41, 5.74) is 5.67. The maximum absolute atomic E-state index is 10.9. The molecule has 2 nitrogen and oxygen atoms in total. The minimum absolute atomic E-state index is 0.126. The molecule has 0 heterocycles. The molecule has 0 saturated heterocycles. The van der Waals surface area contributed by atoms with E-state index in [0.29, 0.717) is 0 Å². The first-order valence-electron chi connectivity index (χ1n) is 5.37. The van der Waals surface area contributed by atoms with Crippen LogP contribution < -0.4 is 5.73 Å². The van der Waals surface area contributed by atoms with Gasteiger partial charge < -0.3 is 5.73 Å². The molecule has 0 bridgehead atoms. The Labute approximate surface area is 80.9 Å². The zero-order valence-electron chi connectivity index (χ0n) is 8.75. The lowest BCUT2D eigenvalue weighted by atomic mass is 9.75. The van der Waals surface area contributed by atoms with Crippen LogP contribution in [0.1, 0.15) is 46.0 Å². The summed E-state index contributed by atoms with van der Waals surface area (Å²) >= 11 is 0. The van der Waals surface area contributed by atoms with Gasteiger partial charge in [0, 0.05) is 0 Å². The maximum Gasteiger partial charge on any atom is 0.146 e. The standard InChI is InChI=1S/C11H21NO/c1-8(10-4-3-5-10)6-7-11(12)9(2)13/h8,10-11H,3-7,12H2,1-2H3. The van der Waals surface area contributed by atoms with Crippen LogP contribution in [0.2, 0.25) is 0 Å². The third-order valence-corrected chi connectivity index (χ3v) is 3.41. The van der Waals surface area contributed by atoms with Gasteiger partial charge in [0.2, 0.25) is 0 Å². The molecule has 0 radical (unpaired) electrons. The first-order valence-corrected chi connectivity index (χ1v) is 5.37. The molecule has 1 rings (SSSR count). The summed E-state index contributed by atoms with van der Waals surface area (Å²) < 4.78 is 0. The summed E-state index contributed by atoms with van der Waals surface area (Å²) in [5.74, 6) is 1.80. The number of Topliss-reactive ketones (excluding diaryl/α,β-unsaturated/α-hetero) is 1. The largest absolute Gasteiger partial charge is 0.322 e. The van der Waals surface area contributed by atoms with E-state index < -0.39 is 0 Å². The van der Waals surface area contributed by atoms with Crippen molar-refractivity contribution in [3.05, 3.63) is 0 Å². The molecular weight excluding hydrogens is 162 g/mol. The van der Waals surface area contributed by atoms with E-state index in [0.717, 1.165) is 24.7 Å². The van der Waals surface area contributed by atoms with Crippen LogP contribution in [-0.4, -0.2) is 11.8 Å². The molecule has 1 saturated carbocycles. The molecule has 2 heteroatoms. The Balaban J connectivity index is 2.13. The summed E-state index contributed by atoms with van der Waals surface area (Å²) in [5, 5.41) is 0. The molecule has 0 spiro atoms. The second-order valence-electron chi connectivity index (χ2n) is 4.46. The van der Waals surface area contributed by atoms with E-state index in [4.69, 9.17) is 5.73 Å². The highest BCUT2D eigenvalue weighted by Gasteiger charge is 2.24. The van der Waals surface area contributed by atoms with Gasteiger partial charge in [-0.2, -0.15) is 0 Å². The van der Waals surface area contributed by atoms with E-state index in [1.807, 2.05) is 0 Å². The van der Waals surface area contributed by atoms with Crippen molar-refractivity contribution >= 4 is 5.78 Å². The Morgan fingerprint density at radius 2 is 2.08 bits per heavy atom. The smallest absolute Gasteiger partial charge is 0.146 e. The van der Waals surface area contributed by atoms with Crippen LogP contribution in [0.15, 0.2) is 0 Å². The summed E-state index contributed by atoms with van der Waals surface area (Å²) in [6, 6.07) is -0.220. The van der Waals surface area contributed by atoms with Crippen molar-refractivity contribution in [1.29, 1.82) is 0 Å². The van der Waals surface area contributed by atoms with Gasteiger partial charge in [0.05, 0.1) is 6.04 Å². The Hall–Kier alpha value is -0.370. The molecule has 1 aliphatic rings. The molecule has 1 fully saturated rings. The van der Waals surface area contributed by atoms with Crippen LogP contribution in [0, 0.1) is 11.8 Å². The van der Waals surface area contributed by atoms with Gasteiger partial charge in [-0.15, -0.1) is 0 Å². The first kappa shape index (κ1) is 10.7. The number of carbonyl (C=O) groups excluding carboxylic acids is 1. The van der Waals surface area contributed by atoms with Gasteiger partial charge in [-0.3, -0.25) is 4.79 Å². The third-order valence-electron chi connectivity index (χ3n) is 3.41. The van der Waals surface area contributed by atoms with Crippen molar-refractivity contribution < 1.29 is 4.79 Å². The molecule has 0 aliphatic heterocycles. The van der Waals surface area contributed by atoms with Crippen LogP contribution >= 0.6 is 0 Å². The Morgan fingerprint density at radius 3 is 2.46 bits per heavy atom. The third kappa shape index (κ3) is 3.11. The average molecular weight is 183 g/mol. The number of ketones is 1. The zero-order valence-corrected chi connectivity index (χ0v) is 8.75. The van der Waals surface area contributed by atoms with Gasteiger partial charge in [-0.05, 0) is 31.6 Å². The summed E-state index contributed by atoms with van der Waals surface area (Å²) in [4.78, 5) is 10.9. The van der Waals surface area contributed by atoms with Crippen LogP contribution in [0.4, 0.5) is 0 Å². The normalized spacial score (nSPS) is 22.1. The van der Waals surface area contributed by atoms with Crippen LogP contribution in [0.3, 0.4) is 0 Å². The van der Waals surface area contributed by atoms with Gasteiger partial charge in [0.1, 0.15) is 5.78 Å². The van der Waals surface area contributed by atoms with Crippen molar-refractivity contribution in [1.82, 2.24) is 0 Å². The topological polar surface area (TPSA) is 43.1 Å². The number of nitrogens with two attached hydrogens (primary N) is 1. The fraction of sp³-hybridized carbons (Fsp3) is 0.909. The number of hydrogen-bond donors (Lipinski definition) is 1. The van der Waals surface area contributed by atoms with E-state index in [9.17, 15) is 4.79 Å². The summed E-state index contributed by atoms with van der Waals surface area (Å²) in [6.07, 6.45) is 6.15. The zero-order chi connectivity index (χ0) is 9.84. The molecule has 2 unspecified atom stereocenters. The van der Waals surface area contributed by atoms with Crippen molar-refractivity contribution in [2.45, 2.75) is 52.0 Å². The van der Waals surface area contributed by atoms with E-state index in [-0.39, 0.29) is 11.8 Å². The monoisotopic (exact) mass is 183 g/mol. The predicted molar refractivity (Wildman–Crippen MR) is 54.4 cm³/mol. The number of carbonyl (C=O) groups is 1. The fourth-order valence-corrected chi connectivity index (χ4v) is 1.89. The van der Waals surface area contributed by atoms with Crippen LogP contribution in [0.5, 0.6) is 0 Å². The van der Waals surface area contributed by atoms with E-state index in [1.165, 1.54) is 19.3 Å². The van der Waals surface area contributed by atoms with E-state index >= 15 is 0 Å². The number of hydrogen-bond acceptors (Lipinski definition) is 2. The van der Waals surface area contributed by atoms with Gasteiger partial charge in [0.15, 0.2) is 0 Å². The highest BCUT2D eigenvalue weighted by molar-refractivity contribution is 5.81. The average Bonchev–Trinajstić information content (AvgIpc) is 1.96. The van der Waals surface area contributed by atoms with E-state index in [2.05, 4.69) is 6.92 Å². The lowest BCUT2D eigenvalue weighted by Crippen LogP contribution is -2.30. The van der Waals surface area contributed by atoms with Crippen LogP contribution in [0.25, 0.3) is 0 Å². The van der Waals surface area contributed by atoms with Gasteiger partial charge in [-0.1, -0.05) is 26.2 Å². The fourth-order valence-electron chi connectivity index (χ4n) is 1.89. The molecule has 0 aromatic heterocycles. The van der Waals surface area contributed by atoms with Gasteiger partial charge >= 0.3 is 0 Å². The quantitative estimate of drug-likeness (QED) is 0.709. The van der Waals surface area contributed by atoms with Crippen molar-refractivity contribution in [3.63, 3.8) is 0 Å². The number of rotatable bonds is 5. The van der Waals surface area contributed by atoms with Crippen molar-refractivity contribution in [2.24, 2.45) is 17.6 Å². The Bertz CT molecular complexity index is 175. The molecule has 0 aromatic carbocycles. The van der Waals surface area contributed by atoms with Crippen molar-refractivity contribution in [3.8, 4) is 0 Å². The molecule has 76 valence electrons. The SMILES string of the molecule is CC(=O)C(N)CCC(C)C1CCC1. The summed E-state index contributed by atoms with van der Waals surface area (Å²) in [6.45, 7) is 3.87. The first-order chi connectivity index (χ1) is 6.11. The second-order valence-corrected chi connectivity index (χ2v) is 4.46. The highest BCUT2D eigenvalue weighted by atomic mass is 16.1. The van der Waals surface area contributed by atoms with E-state index in [1.54, 1.807) is 6.92 Å². The highest BCUT2D eigenvalue weighted by Crippen LogP contribution is 2.35. The molecule has 1 aliphatic carbocycles.